The molecular formula is C12H17IN2O. The van der Waals surface area contributed by atoms with Gasteiger partial charge >= 0.3 is 0 Å². The lowest BCUT2D eigenvalue weighted by atomic mass is 10.2. The van der Waals surface area contributed by atoms with Gasteiger partial charge in [-0.25, -0.2) is 0 Å². The number of hydrogen-bond donors (Lipinski definition) is 2. The molecule has 0 aromatic heterocycles. The van der Waals surface area contributed by atoms with Crippen molar-refractivity contribution < 1.29 is 4.79 Å². The fourth-order valence-corrected chi connectivity index (χ4v) is 1.99. The molecular weight excluding hydrogens is 315 g/mol. The Morgan fingerprint density at radius 3 is 2.81 bits per heavy atom. The maximum absolute atomic E-state index is 11.5. The summed E-state index contributed by atoms with van der Waals surface area (Å²) in [5.74, 6) is 0.0118. The van der Waals surface area contributed by atoms with Gasteiger partial charge in [0.05, 0.1) is 6.54 Å². The van der Waals surface area contributed by atoms with Crippen molar-refractivity contribution in [3.8, 4) is 0 Å². The van der Waals surface area contributed by atoms with Gasteiger partial charge in [0, 0.05) is 9.26 Å². The Bertz CT molecular complexity index is 366. The molecule has 0 unspecified atom stereocenters. The van der Waals surface area contributed by atoms with E-state index in [9.17, 15) is 4.79 Å². The van der Waals surface area contributed by atoms with Crippen LogP contribution in [-0.2, 0) is 4.79 Å². The molecule has 0 saturated carbocycles. The van der Waals surface area contributed by atoms with E-state index < -0.39 is 0 Å². The number of carbonyl (C=O) groups is 1. The van der Waals surface area contributed by atoms with Crippen LogP contribution in [0.25, 0.3) is 0 Å². The van der Waals surface area contributed by atoms with Crippen LogP contribution in [0.4, 0.5) is 5.69 Å². The average Bonchev–Trinajstić information content (AvgIpc) is 2.23. The van der Waals surface area contributed by atoms with E-state index in [4.69, 9.17) is 0 Å². The van der Waals surface area contributed by atoms with Crippen molar-refractivity contribution in [2.75, 3.05) is 18.4 Å². The van der Waals surface area contributed by atoms with E-state index in [-0.39, 0.29) is 5.91 Å². The van der Waals surface area contributed by atoms with Gasteiger partial charge in [-0.05, 0) is 66.2 Å². The van der Waals surface area contributed by atoms with E-state index in [2.05, 4.69) is 46.2 Å². The van der Waals surface area contributed by atoms with E-state index in [1.165, 1.54) is 3.57 Å². The summed E-state index contributed by atoms with van der Waals surface area (Å²) in [6.45, 7) is 5.32. The summed E-state index contributed by atoms with van der Waals surface area (Å²) in [6, 6.07) is 5.98. The van der Waals surface area contributed by atoms with Gasteiger partial charge in [0.15, 0.2) is 0 Å². The minimum absolute atomic E-state index is 0.0118. The molecule has 0 radical (unpaired) electrons. The highest BCUT2D eigenvalue weighted by atomic mass is 127. The number of anilines is 1. The zero-order chi connectivity index (χ0) is 12.0. The smallest absolute Gasteiger partial charge is 0.238 e. The zero-order valence-electron chi connectivity index (χ0n) is 9.64. The van der Waals surface area contributed by atoms with E-state index in [0.717, 1.165) is 24.2 Å². The highest BCUT2D eigenvalue weighted by Gasteiger charge is 2.03. The lowest BCUT2D eigenvalue weighted by Gasteiger charge is -2.09. The summed E-state index contributed by atoms with van der Waals surface area (Å²) >= 11 is 2.26. The van der Waals surface area contributed by atoms with Crippen LogP contribution in [0.2, 0.25) is 0 Å². The molecule has 1 aromatic carbocycles. The van der Waals surface area contributed by atoms with Crippen LogP contribution in [-0.4, -0.2) is 19.0 Å². The van der Waals surface area contributed by atoms with Crippen molar-refractivity contribution >= 4 is 34.2 Å². The number of carbonyl (C=O) groups excluding carboxylic acids is 1. The number of aryl methyl sites for hydroxylation is 1. The molecule has 0 bridgehead atoms. The van der Waals surface area contributed by atoms with Crippen LogP contribution < -0.4 is 10.6 Å². The first kappa shape index (κ1) is 13.4. The van der Waals surface area contributed by atoms with Crippen molar-refractivity contribution in [2.45, 2.75) is 20.3 Å². The molecule has 0 aliphatic heterocycles. The summed E-state index contributed by atoms with van der Waals surface area (Å²) < 4.78 is 1.18. The molecule has 0 atom stereocenters. The highest BCUT2D eigenvalue weighted by molar-refractivity contribution is 14.1. The average molecular weight is 332 g/mol. The van der Waals surface area contributed by atoms with E-state index in [1.54, 1.807) is 0 Å². The maximum Gasteiger partial charge on any atom is 0.238 e. The summed E-state index contributed by atoms with van der Waals surface area (Å²) in [7, 11) is 0. The van der Waals surface area contributed by atoms with Gasteiger partial charge in [0.1, 0.15) is 0 Å². The van der Waals surface area contributed by atoms with Gasteiger partial charge in [-0.1, -0.05) is 6.92 Å². The Hall–Kier alpha value is -0.620. The molecule has 1 amide bonds. The zero-order valence-corrected chi connectivity index (χ0v) is 11.8. The number of halogens is 1. The summed E-state index contributed by atoms with van der Waals surface area (Å²) in [4.78, 5) is 11.5. The molecule has 88 valence electrons. The highest BCUT2D eigenvalue weighted by Crippen LogP contribution is 2.17. The van der Waals surface area contributed by atoms with Crippen LogP contribution in [0, 0.1) is 10.5 Å². The predicted octanol–water partition coefficient (Wildman–Crippen LogP) is 2.54. The van der Waals surface area contributed by atoms with Crippen molar-refractivity contribution in [1.82, 2.24) is 5.32 Å². The topological polar surface area (TPSA) is 41.1 Å². The lowest BCUT2D eigenvalue weighted by molar-refractivity contribution is -0.115. The first-order valence-electron chi connectivity index (χ1n) is 5.40. The van der Waals surface area contributed by atoms with E-state index in [0.29, 0.717) is 6.54 Å². The molecule has 2 N–H and O–H groups in total. The molecule has 0 spiro atoms. The van der Waals surface area contributed by atoms with Gasteiger partial charge in [0.2, 0.25) is 5.91 Å². The van der Waals surface area contributed by atoms with Gasteiger partial charge in [0.25, 0.3) is 0 Å². The number of hydrogen-bond acceptors (Lipinski definition) is 2. The standard InChI is InChI=1S/C12H17IN2O/c1-3-6-14-8-12(16)15-11-5-4-10(13)7-9(11)2/h4-5,7,14H,3,6,8H2,1-2H3,(H,15,16). The van der Waals surface area contributed by atoms with Crippen molar-refractivity contribution in [2.24, 2.45) is 0 Å². The second-order valence-electron chi connectivity index (χ2n) is 3.68. The minimum Gasteiger partial charge on any atom is -0.325 e. The van der Waals surface area contributed by atoms with Gasteiger partial charge < -0.3 is 10.6 Å². The van der Waals surface area contributed by atoms with Gasteiger partial charge in [-0.15, -0.1) is 0 Å². The first-order valence-corrected chi connectivity index (χ1v) is 6.48. The van der Waals surface area contributed by atoms with E-state index >= 15 is 0 Å². The SMILES string of the molecule is CCCNCC(=O)Nc1ccc(I)cc1C. The maximum atomic E-state index is 11.5. The number of benzene rings is 1. The van der Waals surface area contributed by atoms with Crippen LogP contribution in [0.3, 0.4) is 0 Å². The molecule has 0 saturated heterocycles. The second kappa shape index (κ2) is 6.85. The Labute approximate surface area is 110 Å². The molecule has 0 heterocycles. The Balaban J connectivity index is 2.49. The molecule has 0 aliphatic carbocycles. The Morgan fingerprint density at radius 1 is 1.44 bits per heavy atom. The number of nitrogens with one attached hydrogen (secondary N) is 2. The van der Waals surface area contributed by atoms with Crippen LogP contribution in [0.15, 0.2) is 18.2 Å². The normalized spacial score (nSPS) is 10.2. The Kier molecular flexibility index (Phi) is 5.76. The monoisotopic (exact) mass is 332 g/mol. The third kappa shape index (κ3) is 4.49. The molecule has 1 rings (SSSR count). The van der Waals surface area contributed by atoms with Gasteiger partial charge in [-0.2, -0.15) is 0 Å². The summed E-state index contributed by atoms with van der Waals surface area (Å²) in [5.41, 5.74) is 1.99. The molecule has 0 fully saturated rings. The summed E-state index contributed by atoms with van der Waals surface area (Å²) in [5, 5.41) is 5.96. The predicted molar refractivity (Wildman–Crippen MR) is 75.7 cm³/mol. The molecule has 4 heteroatoms. The largest absolute Gasteiger partial charge is 0.325 e. The molecule has 3 nitrogen and oxygen atoms in total. The molecule has 1 aromatic rings. The number of rotatable bonds is 5. The van der Waals surface area contributed by atoms with Gasteiger partial charge in [-0.3, -0.25) is 4.79 Å². The fraction of sp³-hybridized carbons (Fsp3) is 0.417. The van der Waals surface area contributed by atoms with Crippen LogP contribution >= 0.6 is 22.6 Å². The third-order valence-electron chi connectivity index (χ3n) is 2.17. The minimum atomic E-state index is 0.0118. The number of amides is 1. The quantitative estimate of drug-likeness (QED) is 0.643. The second-order valence-corrected chi connectivity index (χ2v) is 4.93. The van der Waals surface area contributed by atoms with Crippen LogP contribution in [0.5, 0.6) is 0 Å². The fourth-order valence-electron chi connectivity index (χ4n) is 1.34. The van der Waals surface area contributed by atoms with Crippen molar-refractivity contribution in [3.63, 3.8) is 0 Å². The van der Waals surface area contributed by atoms with Crippen molar-refractivity contribution in [3.05, 3.63) is 27.3 Å². The lowest BCUT2D eigenvalue weighted by Crippen LogP contribution is -2.28. The Morgan fingerprint density at radius 2 is 2.19 bits per heavy atom. The molecule has 0 aliphatic rings. The van der Waals surface area contributed by atoms with Crippen LogP contribution in [0.1, 0.15) is 18.9 Å². The first-order chi connectivity index (χ1) is 7.63. The third-order valence-corrected chi connectivity index (χ3v) is 2.85. The van der Waals surface area contributed by atoms with E-state index in [1.807, 2.05) is 19.1 Å². The van der Waals surface area contributed by atoms with Crippen molar-refractivity contribution in [1.29, 1.82) is 0 Å². The summed E-state index contributed by atoms with van der Waals surface area (Å²) in [6.07, 6.45) is 1.04. The molecule has 16 heavy (non-hydrogen) atoms.